The highest BCUT2D eigenvalue weighted by atomic mass is 16.3. The largest absolute Gasteiger partial charge is 0.508 e. The summed E-state index contributed by atoms with van der Waals surface area (Å²) >= 11 is 0. The molecule has 0 radical (unpaired) electrons. The topological polar surface area (TPSA) is 61.4 Å². The van der Waals surface area contributed by atoms with Crippen LogP contribution in [0.25, 0.3) is 0 Å². The Bertz CT molecular complexity index is 509. The zero-order chi connectivity index (χ0) is 12.8. The summed E-state index contributed by atoms with van der Waals surface area (Å²) in [7, 11) is 0. The van der Waals surface area contributed by atoms with Crippen LogP contribution < -0.4 is 10.6 Å². The molecular weight excluding hydrogens is 228 g/mol. The van der Waals surface area contributed by atoms with Crippen molar-refractivity contribution in [2.75, 3.05) is 5.32 Å². The van der Waals surface area contributed by atoms with E-state index in [1.807, 2.05) is 30.3 Å². The molecule has 2 aromatic carbocycles. The van der Waals surface area contributed by atoms with Gasteiger partial charge in [0.15, 0.2) is 0 Å². The van der Waals surface area contributed by atoms with Crippen molar-refractivity contribution < 1.29 is 9.90 Å². The van der Waals surface area contributed by atoms with Gasteiger partial charge in [0, 0.05) is 12.2 Å². The van der Waals surface area contributed by atoms with E-state index in [-0.39, 0.29) is 11.8 Å². The molecule has 0 saturated heterocycles. The molecule has 18 heavy (non-hydrogen) atoms. The fourth-order valence-corrected chi connectivity index (χ4v) is 1.50. The van der Waals surface area contributed by atoms with Crippen molar-refractivity contribution in [3.05, 3.63) is 60.2 Å². The molecule has 0 saturated carbocycles. The quantitative estimate of drug-likeness (QED) is 0.725. The minimum atomic E-state index is -0.274. The van der Waals surface area contributed by atoms with Crippen LogP contribution in [0.2, 0.25) is 0 Å². The summed E-state index contributed by atoms with van der Waals surface area (Å²) in [5.41, 5.74) is 1.68. The Morgan fingerprint density at radius 2 is 1.67 bits per heavy atom. The number of amides is 2. The van der Waals surface area contributed by atoms with E-state index in [0.717, 1.165) is 5.56 Å². The zero-order valence-corrected chi connectivity index (χ0v) is 9.76. The maximum Gasteiger partial charge on any atom is 0.319 e. The molecule has 0 aliphatic rings. The standard InChI is InChI=1S/C14H14N2O2/c17-13-8-6-12(7-9-13)16-14(18)15-10-11-4-2-1-3-5-11/h1-9,17H,10H2,(H2,15,16,18). The van der Waals surface area contributed by atoms with Crippen molar-refractivity contribution in [3.8, 4) is 5.75 Å². The van der Waals surface area contributed by atoms with Crippen LogP contribution in [0.15, 0.2) is 54.6 Å². The van der Waals surface area contributed by atoms with Gasteiger partial charge in [0.2, 0.25) is 0 Å². The van der Waals surface area contributed by atoms with Gasteiger partial charge in [0.1, 0.15) is 5.75 Å². The van der Waals surface area contributed by atoms with Gasteiger partial charge in [-0.05, 0) is 29.8 Å². The van der Waals surface area contributed by atoms with Gasteiger partial charge in [-0.25, -0.2) is 4.79 Å². The summed E-state index contributed by atoms with van der Waals surface area (Å²) in [6, 6.07) is 15.7. The molecule has 4 heteroatoms. The lowest BCUT2D eigenvalue weighted by atomic mass is 10.2. The molecule has 0 aliphatic heterocycles. The predicted molar refractivity (Wildman–Crippen MR) is 70.4 cm³/mol. The first-order valence-electron chi connectivity index (χ1n) is 5.62. The molecule has 0 bridgehead atoms. The van der Waals surface area contributed by atoms with Crippen molar-refractivity contribution in [1.29, 1.82) is 0 Å². The Balaban J connectivity index is 1.84. The summed E-state index contributed by atoms with van der Waals surface area (Å²) in [4.78, 5) is 11.6. The normalized spacial score (nSPS) is 9.78. The maximum atomic E-state index is 11.6. The summed E-state index contributed by atoms with van der Waals surface area (Å²) in [6.07, 6.45) is 0. The van der Waals surface area contributed by atoms with Gasteiger partial charge in [0.05, 0.1) is 0 Å². The Kier molecular flexibility index (Phi) is 3.81. The van der Waals surface area contributed by atoms with E-state index in [9.17, 15) is 4.79 Å². The first kappa shape index (κ1) is 12.0. The van der Waals surface area contributed by atoms with Crippen LogP contribution in [-0.4, -0.2) is 11.1 Å². The minimum Gasteiger partial charge on any atom is -0.508 e. The lowest BCUT2D eigenvalue weighted by Gasteiger charge is -2.07. The second-order valence-electron chi connectivity index (χ2n) is 3.84. The third-order valence-electron chi connectivity index (χ3n) is 2.42. The van der Waals surface area contributed by atoms with Gasteiger partial charge >= 0.3 is 6.03 Å². The zero-order valence-electron chi connectivity index (χ0n) is 9.76. The first-order chi connectivity index (χ1) is 8.74. The second-order valence-corrected chi connectivity index (χ2v) is 3.84. The van der Waals surface area contributed by atoms with Gasteiger partial charge in [-0.2, -0.15) is 0 Å². The van der Waals surface area contributed by atoms with Crippen LogP contribution in [0.3, 0.4) is 0 Å². The SMILES string of the molecule is O=C(NCc1ccccc1)Nc1ccc(O)cc1. The molecule has 0 atom stereocenters. The summed E-state index contributed by atoms with van der Waals surface area (Å²) < 4.78 is 0. The Hall–Kier alpha value is -2.49. The number of carbonyl (C=O) groups excluding carboxylic acids is 1. The van der Waals surface area contributed by atoms with Crippen LogP contribution in [0.5, 0.6) is 5.75 Å². The van der Waals surface area contributed by atoms with Crippen molar-refractivity contribution in [2.24, 2.45) is 0 Å². The van der Waals surface area contributed by atoms with E-state index in [1.165, 1.54) is 12.1 Å². The Labute approximate surface area is 105 Å². The molecule has 2 rings (SSSR count). The summed E-state index contributed by atoms with van der Waals surface area (Å²) in [6.45, 7) is 0.477. The lowest BCUT2D eigenvalue weighted by molar-refractivity contribution is 0.251. The molecule has 0 aliphatic carbocycles. The van der Waals surface area contributed by atoms with Crippen molar-refractivity contribution in [3.63, 3.8) is 0 Å². The average Bonchev–Trinajstić information content (AvgIpc) is 2.40. The minimum absolute atomic E-state index is 0.172. The van der Waals surface area contributed by atoms with Gasteiger partial charge in [-0.1, -0.05) is 30.3 Å². The third-order valence-corrected chi connectivity index (χ3v) is 2.42. The number of hydrogen-bond donors (Lipinski definition) is 3. The van der Waals surface area contributed by atoms with Crippen LogP contribution in [0.1, 0.15) is 5.56 Å². The Morgan fingerprint density at radius 3 is 2.33 bits per heavy atom. The van der Waals surface area contributed by atoms with E-state index >= 15 is 0 Å². The monoisotopic (exact) mass is 242 g/mol. The predicted octanol–water partition coefficient (Wildman–Crippen LogP) is 2.71. The number of nitrogens with one attached hydrogen (secondary N) is 2. The molecule has 0 unspecified atom stereocenters. The first-order valence-corrected chi connectivity index (χ1v) is 5.62. The van der Waals surface area contributed by atoms with Crippen LogP contribution >= 0.6 is 0 Å². The molecular formula is C14H14N2O2. The fourth-order valence-electron chi connectivity index (χ4n) is 1.50. The van der Waals surface area contributed by atoms with E-state index in [0.29, 0.717) is 12.2 Å². The number of rotatable bonds is 3. The fraction of sp³-hybridized carbons (Fsp3) is 0.0714. The third kappa shape index (κ3) is 3.52. The van der Waals surface area contributed by atoms with Crippen LogP contribution in [0.4, 0.5) is 10.5 Å². The molecule has 2 aromatic rings. The van der Waals surface area contributed by atoms with Crippen LogP contribution in [-0.2, 0) is 6.54 Å². The molecule has 0 aromatic heterocycles. The van der Waals surface area contributed by atoms with Gasteiger partial charge < -0.3 is 15.7 Å². The number of anilines is 1. The molecule has 2 amide bonds. The molecule has 0 heterocycles. The number of carbonyl (C=O) groups is 1. The number of hydrogen-bond acceptors (Lipinski definition) is 2. The summed E-state index contributed by atoms with van der Waals surface area (Å²) in [5, 5.41) is 14.5. The number of phenols is 1. The molecule has 4 nitrogen and oxygen atoms in total. The van der Waals surface area contributed by atoms with E-state index in [4.69, 9.17) is 5.11 Å². The summed E-state index contributed by atoms with van der Waals surface area (Å²) in [5.74, 6) is 0.172. The molecule has 0 fully saturated rings. The average molecular weight is 242 g/mol. The highest BCUT2D eigenvalue weighted by Crippen LogP contribution is 2.13. The van der Waals surface area contributed by atoms with Crippen molar-refractivity contribution >= 4 is 11.7 Å². The number of urea groups is 1. The van der Waals surface area contributed by atoms with Crippen molar-refractivity contribution in [2.45, 2.75) is 6.54 Å². The van der Waals surface area contributed by atoms with E-state index in [2.05, 4.69) is 10.6 Å². The molecule has 3 N–H and O–H groups in total. The maximum absolute atomic E-state index is 11.6. The number of phenolic OH excluding ortho intramolecular Hbond substituents is 1. The van der Waals surface area contributed by atoms with E-state index in [1.54, 1.807) is 12.1 Å². The smallest absolute Gasteiger partial charge is 0.319 e. The van der Waals surface area contributed by atoms with Gasteiger partial charge in [-0.3, -0.25) is 0 Å². The Morgan fingerprint density at radius 1 is 1.00 bits per heavy atom. The molecule has 0 spiro atoms. The van der Waals surface area contributed by atoms with Gasteiger partial charge in [-0.15, -0.1) is 0 Å². The number of benzene rings is 2. The van der Waals surface area contributed by atoms with Gasteiger partial charge in [0.25, 0.3) is 0 Å². The van der Waals surface area contributed by atoms with E-state index < -0.39 is 0 Å². The number of aromatic hydroxyl groups is 1. The highest BCUT2D eigenvalue weighted by Gasteiger charge is 2.01. The second kappa shape index (κ2) is 5.72. The highest BCUT2D eigenvalue weighted by molar-refractivity contribution is 5.89. The molecule has 92 valence electrons. The van der Waals surface area contributed by atoms with Crippen molar-refractivity contribution in [1.82, 2.24) is 5.32 Å². The van der Waals surface area contributed by atoms with Crippen LogP contribution in [0, 0.1) is 0 Å². The lowest BCUT2D eigenvalue weighted by Crippen LogP contribution is -2.28.